The highest BCUT2D eigenvalue weighted by molar-refractivity contribution is 8.00. The van der Waals surface area contributed by atoms with E-state index >= 15 is 0 Å². The lowest BCUT2D eigenvalue weighted by Gasteiger charge is -2.15. The summed E-state index contributed by atoms with van der Waals surface area (Å²) in [6.07, 6.45) is 0. The Morgan fingerprint density at radius 2 is 1.54 bits per heavy atom. The van der Waals surface area contributed by atoms with Gasteiger partial charge in [0.25, 0.3) is 0 Å². The third-order valence-electron chi connectivity index (χ3n) is 5.07. The zero-order chi connectivity index (χ0) is 25.5. The molecule has 4 N–H and O–H groups in total. The third kappa shape index (κ3) is 7.40. The maximum Gasteiger partial charge on any atom is 0.335 e. The van der Waals surface area contributed by atoms with E-state index in [4.69, 9.17) is 12.2 Å². The summed E-state index contributed by atoms with van der Waals surface area (Å²) >= 11 is 6.76. The number of anilines is 3. The van der Waals surface area contributed by atoms with Crippen molar-refractivity contribution in [1.82, 2.24) is 0 Å². The number of hydrogen-bond donors (Lipinski definition) is 4. The van der Waals surface area contributed by atoms with Gasteiger partial charge in [-0.15, -0.1) is 11.8 Å². The molecule has 0 saturated carbocycles. The molecule has 35 heavy (non-hydrogen) atoms. The van der Waals surface area contributed by atoms with E-state index in [-0.39, 0.29) is 17.3 Å². The molecular formula is C26H25N3O4S2. The average Bonchev–Trinajstić information content (AvgIpc) is 2.80. The number of Topliss-reactive ketones (excluding diaryl/α,β-unsaturated/α-hetero) is 1. The van der Waals surface area contributed by atoms with Crippen LogP contribution >= 0.6 is 24.0 Å². The van der Waals surface area contributed by atoms with E-state index < -0.39 is 11.2 Å². The van der Waals surface area contributed by atoms with E-state index in [0.29, 0.717) is 16.4 Å². The Morgan fingerprint density at radius 1 is 0.886 bits per heavy atom. The third-order valence-corrected chi connectivity index (χ3v) is 6.36. The molecule has 1 unspecified atom stereocenters. The number of aromatic carboxylic acids is 1. The van der Waals surface area contributed by atoms with Crippen LogP contribution in [0.3, 0.4) is 0 Å². The number of thioether (sulfide) groups is 1. The van der Waals surface area contributed by atoms with Crippen molar-refractivity contribution in [2.75, 3.05) is 16.0 Å². The number of hydrogen-bond acceptors (Lipinski definition) is 5. The Balaban J connectivity index is 1.59. The van der Waals surface area contributed by atoms with Gasteiger partial charge in [-0.1, -0.05) is 12.1 Å². The Bertz CT molecular complexity index is 1280. The topological polar surface area (TPSA) is 108 Å². The Morgan fingerprint density at radius 3 is 2.20 bits per heavy atom. The molecule has 0 aliphatic carbocycles. The van der Waals surface area contributed by atoms with Crippen LogP contribution in [0, 0.1) is 6.92 Å². The molecule has 180 valence electrons. The normalized spacial score (nSPS) is 11.3. The fourth-order valence-corrected chi connectivity index (χ4v) is 4.27. The second-order valence-corrected chi connectivity index (χ2v) is 9.65. The van der Waals surface area contributed by atoms with Crippen LogP contribution in [0.5, 0.6) is 0 Å². The van der Waals surface area contributed by atoms with Crippen LogP contribution in [0.2, 0.25) is 0 Å². The minimum Gasteiger partial charge on any atom is -0.478 e. The molecule has 7 nitrogen and oxygen atoms in total. The van der Waals surface area contributed by atoms with Crippen LogP contribution in [0.4, 0.5) is 17.1 Å². The number of carboxylic acids is 1. The monoisotopic (exact) mass is 507 g/mol. The second-order valence-electron chi connectivity index (χ2n) is 7.82. The molecule has 0 spiro atoms. The van der Waals surface area contributed by atoms with Crippen LogP contribution < -0.4 is 16.0 Å². The van der Waals surface area contributed by atoms with Crippen LogP contribution in [-0.4, -0.2) is 33.1 Å². The first-order valence-corrected chi connectivity index (χ1v) is 12.0. The first-order chi connectivity index (χ1) is 16.6. The number of amides is 1. The zero-order valence-electron chi connectivity index (χ0n) is 19.4. The summed E-state index contributed by atoms with van der Waals surface area (Å²) in [5.74, 6) is -1.28. The second kappa shape index (κ2) is 11.6. The largest absolute Gasteiger partial charge is 0.478 e. The Labute approximate surface area is 213 Å². The summed E-state index contributed by atoms with van der Waals surface area (Å²) in [5.41, 5.74) is 3.51. The van der Waals surface area contributed by atoms with Gasteiger partial charge in [0, 0.05) is 27.5 Å². The summed E-state index contributed by atoms with van der Waals surface area (Å²) in [6.45, 7) is 5.11. The van der Waals surface area contributed by atoms with E-state index in [1.807, 2.05) is 31.2 Å². The van der Waals surface area contributed by atoms with Gasteiger partial charge in [0.1, 0.15) is 0 Å². The van der Waals surface area contributed by atoms with Gasteiger partial charge in [0.05, 0.1) is 10.8 Å². The highest BCUT2D eigenvalue weighted by Crippen LogP contribution is 2.27. The first-order valence-electron chi connectivity index (χ1n) is 10.7. The number of carboxylic acid groups (broad SMARTS) is 1. The molecular weight excluding hydrogens is 482 g/mol. The van der Waals surface area contributed by atoms with Crippen LogP contribution in [-0.2, 0) is 4.79 Å². The number of benzene rings is 3. The fraction of sp³-hybridized carbons (Fsp3) is 0.154. The number of ketones is 1. The molecule has 3 aromatic carbocycles. The van der Waals surface area contributed by atoms with Crippen LogP contribution in [0.25, 0.3) is 0 Å². The minimum atomic E-state index is -1.05. The number of rotatable bonds is 8. The molecule has 0 bridgehead atoms. The molecule has 1 amide bonds. The van der Waals surface area contributed by atoms with E-state index in [9.17, 15) is 19.5 Å². The molecule has 3 aromatic rings. The molecule has 0 aliphatic heterocycles. The van der Waals surface area contributed by atoms with Crippen LogP contribution in [0.15, 0.2) is 71.6 Å². The maximum absolute atomic E-state index is 12.7. The van der Waals surface area contributed by atoms with Crippen molar-refractivity contribution in [3.8, 4) is 0 Å². The van der Waals surface area contributed by atoms with Gasteiger partial charge in [0.15, 0.2) is 10.9 Å². The number of carbonyl (C=O) groups is 3. The highest BCUT2D eigenvalue weighted by atomic mass is 32.2. The van der Waals surface area contributed by atoms with Crippen molar-refractivity contribution >= 4 is 63.8 Å². The van der Waals surface area contributed by atoms with Gasteiger partial charge in [-0.25, -0.2) is 4.79 Å². The zero-order valence-corrected chi connectivity index (χ0v) is 21.0. The predicted molar refractivity (Wildman–Crippen MR) is 145 cm³/mol. The van der Waals surface area contributed by atoms with Crippen molar-refractivity contribution in [2.24, 2.45) is 0 Å². The number of nitrogens with one attached hydrogen (secondary N) is 3. The van der Waals surface area contributed by atoms with Crippen LogP contribution in [0.1, 0.15) is 40.1 Å². The van der Waals surface area contributed by atoms with Crippen molar-refractivity contribution in [3.63, 3.8) is 0 Å². The van der Waals surface area contributed by atoms with Gasteiger partial charge < -0.3 is 21.1 Å². The Hall–Kier alpha value is -3.69. The van der Waals surface area contributed by atoms with E-state index in [0.717, 1.165) is 21.8 Å². The van der Waals surface area contributed by atoms with Crippen molar-refractivity contribution < 1.29 is 19.5 Å². The minimum absolute atomic E-state index is 0.00149. The summed E-state index contributed by atoms with van der Waals surface area (Å²) in [4.78, 5) is 36.2. The smallest absolute Gasteiger partial charge is 0.335 e. The number of carbonyl (C=O) groups excluding carboxylic acids is 2. The van der Waals surface area contributed by atoms with Gasteiger partial charge in [-0.2, -0.15) is 0 Å². The molecule has 0 saturated heterocycles. The van der Waals surface area contributed by atoms with Crippen molar-refractivity contribution in [2.45, 2.75) is 30.9 Å². The molecule has 3 rings (SSSR count). The van der Waals surface area contributed by atoms with E-state index in [2.05, 4.69) is 16.0 Å². The lowest BCUT2D eigenvalue weighted by Crippen LogP contribution is -2.23. The lowest BCUT2D eigenvalue weighted by atomic mass is 10.1. The molecule has 9 heteroatoms. The van der Waals surface area contributed by atoms with Crippen molar-refractivity contribution in [1.29, 1.82) is 0 Å². The standard InChI is InChI=1S/C26H25N3O4S2/c1-15-7-8-19(25(32)33)13-23(15)29-24(31)17(3)35-22-6-4-5-21(14-22)28-26(34)27-20-11-9-18(10-12-20)16(2)30/h4-14,17H,1-3H3,(H,29,31)(H,32,33)(H2,27,28,34). The SMILES string of the molecule is CC(=O)c1ccc(NC(=S)Nc2cccc(SC(C)C(=O)Nc3cc(C(=O)O)ccc3C)c2)cc1. The molecule has 0 fully saturated rings. The first kappa shape index (κ1) is 25.9. The summed E-state index contributed by atoms with van der Waals surface area (Å²) < 4.78 is 0. The van der Waals surface area contributed by atoms with Gasteiger partial charge in [0.2, 0.25) is 5.91 Å². The van der Waals surface area contributed by atoms with Gasteiger partial charge in [-0.3, -0.25) is 9.59 Å². The highest BCUT2D eigenvalue weighted by Gasteiger charge is 2.17. The van der Waals surface area contributed by atoms with E-state index in [1.165, 1.54) is 30.8 Å². The number of aryl methyl sites for hydroxylation is 1. The number of thiocarbonyl (C=S) groups is 1. The summed E-state index contributed by atoms with van der Waals surface area (Å²) in [7, 11) is 0. The predicted octanol–water partition coefficient (Wildman–Crippen LogP) is 5.82. The lowest BCUT2D eigenvalue weighted by molar-refractivity contribution is -0.115. The summed E-state index contributed by atoms with van der Waals surface area (Å²) in [6, 6.07) is 19.2. The van der Waals surface area contributed by atoms with Crippen molar-refractivity contribution in [3.05, 3.63) is 83.4 Å². The summed E-state index contributed by atoms with van der Waals surface area (Å²) in [5, 5.41) is 18.2. The van der Waals surface area contributed by atoms with E-state index in [1.54, 1.807) is 37.3 Å². The van der Waals surface area contributed by atoms with Gasteiger partial charge in [-0.05, 0) is 93.1 Å². The molecule has 1 atom stereocenters. The quantitative estimate of drug-likeness (QED) is 0.172. The molecule has 0 aromatic heterocycles. The molecule has 0 aliphatic rings. The fourth-order valence-electron chi connectivity index (χ4n) is 3.11. The maximum atomic E-state index is 12.7. The average molecular weight is 508 g/mol. The molecule has 0 radical (unpaired) electrons. The Kier molecular flexibility index (Phi) is 8.62. The molecule has 0 heterocycles. The van der Waals surface area contributed by atoms with Gasteiger partial charge >= 0.3 is 5.97 Å².